The van der Waals surface area contributed by atoms with Crippen molar-refractivity contribution in [2.45, 2.75) is 51.6 Å². The van der Waals surface area contributed by atoms with E-state index >= 15 is 0 Å². The maximum atomic E-state index is 13.0. The van der Waals surface area contributed by atoms with Crippen LogP contribution in [0, 0.1) is 10.1 Å². The van der Waals surface area contributed by atoms with Gasteiger partial charge in [0.1, 0.15) is 11.8 Å². The lowest BCUT2D eigenvalue weighted by atomic mass is 10.0. The highest BCUT2D eigenvalue weighted by Gasteiger charge is 2.25. The van der Waals surface area contributed by atoms with Gasteiger partial charge in [0.05, 0.1) is 17.5 Å². The highest BCUT2D eigenvalue weighted by molar-refractivity contribution is 5.92. The number of carbonyl (C=O) groups is 4. The van der Waals surface area contributed by atoms with E-state index in [-0.39, 0.29) is 62.2 Å². The van der Waals surface area contributed by atoms with Gasteiger partial charge in [-0.3, -0.25) is 34.3 Å². The van der Waals surface area contributed by atoms with Crippen LogP contribution >= 0.6 is 0 Å². The summed E-state index contributed by atoms with van der Waals surface area (Å²) in [6, 6.07) is 10.6. The van der Waals surface area contributed by atoms with E-state index < -0.39 is 34.8 Å². The fourth-order valence-electron chi connectivity index (χ4n) is 4.04. The van der Waals surface area contributed by atoms with E-state index in [0.29, 0.717) is 18.5 Å². The second kappa shape index (κ2) is 19.8. The van der Waals surface area contributed by atoms with Crippen LogP contribution in [0.5, 0.6) is 5.75 Å². The molecule has 0 fully saturated rings. The minimum absolute atomic E-state index is 0.0211. The number of aromatic hydroxyl groups is 1. The van der Waals surface area contributed by atoms with E-state index in [4.69, 9.17) is 27.1 Å². The van der Waals surface area contributed by atoms with E-state index in [1.165, 1.54) is 23.1 Å². The number of hydrogen-bond acceptors (Lipinski definition) is 9. The molecule has 10 N–H and O–H groups in total. The third-order valence-electron chi connectivity index (χ3n) is 6.29. The number of nitrogens with zero attached hydrogens (tertiary/aromatic N) is 3. The molecule has 0 unspecified atom stereocenters. The smallest absolute Gasteiger partial charge is 0.300 e. The predicted octanol–water partition coefficient (Wildman–Crippen LogP) is 0.00690. The number of nitro groups is 1. The number of guanidine groups is 1. The number of phenolic OH excluding ortho intramolecular Hbond substituents is 1. The Morgan fingerprint density at radius 3 is 2.27 bits per heavy atom. The number of para-hydroxylation sites is 1. The number of aliphatic imine (C=N–C) groups is 1. The van der Waals surface area contributed by atoms with Gasteiger partial charge < -0.3 is 42.9 Å². The highest BCUT2D eigenvalue weighted by Crippen LogP contribution is 2.18. The summed E-state index contributed by atoms with van der Waals surface area (Å²) in [7, 11) is 0. The van der Waals surface area contributed by atoms with Crippen molar-refractivity contribution in [2.24, 2.45) is 22.2 Å². The molecule has 0 aliphatic heterocycles. The number of likely N-dealkylation sites (N-methyl/N-ethyl adjacent to an activating group) is 1. The van der Waals surface area contributed by atoms with Gasteiger partial charge >= 0.3 is 0 Å². The maximum absolute atomic E-state index is 13.0. The molecule has 0 spiro atoms. The quantitative estimate of drug-likeness (QED) is 0.0426. The Bertz CT molecular complexity index is 1310. The van der Waals surface area contributed by atoms with Gasteiger partial charge in [-0.1, -0.05) is 30.3 Å². The number of benzene rings is 2. The number of carboxylic acid groups (broad SMARTS) is 1. The molecule has 45 heavy (non-hydrogen) atoms. The van der Waals surface area contributed by atoms with Crippen molar-refractivity contribution in [2.75, 3.05) is 26.2 Å². The number of carbonyl (C=O) groups excluding carboxylic acids is 3. The Balaban J connectivity index is 0.00000238. The van der Waals surface area contributed by atoms with Crippen LogP contribution in [0.2, 0.25) is 0 Å². The molecular formula is C29H42N8O8. The average Bonchev–Trinajstić information content (AvgIpc) is 2.98. The summed E-state index contributed by atoms with van der Waals surface area (Å²) in [6.07, 6.45) is 1.00. The molecule has 2 atom stereocenters. The van der Waals surface area contributed by atoms with Crippen LogP contribution in [0.25, 0.3) is 0 Å². The summed E-state index contributed by atoms with van der Waals surface area (Å²) in [5, 5.41) is 33.3. The number of amides is 3. The minimum atomic E-state index is -1.00. The predicted molar refractivity (Wildman–Crippen MR) is 167 cm³/mol. The summed E-state index contributed by atoms with van der Waals surface area (Å²) in [5.41, 5.74) is 18.0. The molecule has 0 heterocycles. The largest absolute Gasteiger partial charge is 0.508 e. The number of nitrogens with two attached hydrogens (primary N) is 3. The lowest BCUT2D eigenvalue weighted by molar-refractivity contribution is -0.385. The highest BCUT2D eigenvalue weighted by atomic mass is 16.6. The molecule has 16 nitrogen and oxygen atoms in total. The monoisotopic (exact) mass is 630 g/mol. The summed E-state index contributed by atoms with van der Waals surface area (Å²) in [6.45, 7) is 3.31. The number of carboxylic acids is 1. The van der Waals surface area contributed by atoms with Crippen LogP contribution < -0.4 is 27.8 Å². The van der Waals surface area contributed by atoms with Gasteiger partial charge in [-0.25, -0.2) is 0 Å². The summed E-state index contributed by atoms with van der Waals surface area (Å²) in [4.78, 5) is 63.8. The zero-order chi connectivity index (χ0) is 33.9. The molecule has 2 aromatic rings. The number of phenols is 1. The van der Waals surface area contributed by atoms with Crippen molar-refractivity contribution >= 4 is 35.3 Å². The first-order valence-corrected chi connectivity index (χ1v) is 14.1. The lowest BCUT2D eigenvalue weighted by Crippen LogP contribution is -2.53. The molecule has 2 aromatic carbocycles. The normalized spacial score (nSPS) is 11.5. The zero-order valence-electron chi connectivity index (χ0n) is 25.3. The Labute approximate surface area is 260 Å². The Kier molecular flexibility index (Phi) is 16.7. The molecule has 3 amide bonds. The van der Waals surface area contributed by atoms with Gasteiger partial charge in [0.2, 0.25) is 17.7 Å². The van der Waals surface area contributed by atoms with Gasteiger partial charge in [-0.2, -0.15) is 0 Å². The van der Waals surface area contributed by atoms with Gasteiger partial charge in [-0.05, 0) is 50.3 Å². The molecule has 0 radical (unpaired) electrons. The molecule has 246 valence electrons. The number of aliphatic carboxylic acids is 1. The first-order valence-electron chi connectivity index (χ1n) is 14.1. The molecule has 0 saturated carbocycles. The van der Waals surface area contributed by atoms with Crippen LogP contribution in [0.15, 0.2) is 53.5 Å². The fourth-order valence-corrected chi connectivity index (χ4v) is 4.04. The molecular weight excluding hydrogens is 588 g/mol. The molecule has 0 aliphatic carbocycles. The summed E-state index contributed by atoms with van der Waals surface area (Å²) in [5.74, 6) is -2.37. The fraction of sp³-hybridized carbons (Fsp3) is 0.414. The van der Waals surface area contributed by atoms with Gasteiger partial charge in [-0.15, -0.1) is 0 Å². The third kappa shape index (κ3) is 15.2. The molecule has 0 bridgehead atoms. The first kappa shape index (κ1) is 37.8. The summed E-state index contributed by atoms with van der Waals surface area (Å²) < 4.78 is 0. The Morgan fingerprint density at radius 1 is 1.07 bits per heavy atom. The molecule has 16 heteroatoms. The van der Waals surface area contributed by atoms with Crippen molar-refractivity contribution in [3.05, 3.63) is 69.8 Å². The van der Waals surface area contributed by atoms with E-state index in [9.17, 15) is 29.6 Å². The Hall–Kier alpha value is -5.25. The summed E-state index contributed by atoms with van der Waals surface area (Å²) >= 11 is 0. The number of nitrogens with one attached hydrogen (secondary N) is 2. The van der Waals surface area contributed by atoms with Crippen LogP contribution in [0.4, 0.5) is 5.69 Å². The SMILES string of the molecule is CC(=O)O.CCN(CCc1ccccc1[N+](=O)[O-])C(=O)CNC(=O)[C@@H](CCCN=C(N)N)NC(=O)[C@@H](N)Cc1ccc(O)cc1. The third-order valence-corrected chi connectivity index (χ3v) is 6.29. The van der Waals surface area contributed by atoms with Crippen LogP contribution in [0.3, 0.4) is 0 Å². The van der Waals surface area contributed by atoms with Gasteiger partial charge in [0.25, 0.3) is 11.7 Å². The van der Waals surface area contributed by atoms with Crippen molar-refractivity contribution in [3.63, 3.8) is 0 Å². The average molecular weight is 631 g/mol. The minimum Gasteiger partial charge on any atom is -0.508 e. The topological polar surface area (TPSA) is 270 Å². The van der Waals surface area contributed by atoms with Gasteiger partial charge in [0, 0.05) is 38.2 Å². The molecule has 0 saturated heterocycles. The van der Waals surface area contributed by atoms with E-state index in [1.54, 1.807) is 37.3 Å². The van der Waals surface area contributed by atoms with E-state index in [1.807, 2.05) is 0 Å². The van der Waals surface area contributed by atoms with Gasteiger partial charge in [0.15, 0.2) is 5.96 Å². The van der Waals surface area contributed by atoms with E-state index in [2.05, 4.69) is 15.6 Å². The van der Waals surface area contributed by atoms with Crippen molar-refractivity contribution in [3.8, 4) is 5.75 Å². The standard InChI is InChI=1S/C27H38N8O6.C2H4O2/c1-2-34(15-13-19-6-3-4-8-23(19)35(40)41)24(37)17-32-26(39)22(7-5-14-31-27(29)30)33-25(38)21(28)16-18-9-11-20(36)12-10-18;1-2(3)4/h3-4,6,8-12,21-22,36H,2,5,7,13-17,28H2,1H3,(H,32,39)(H,33,38)(H4,29,30,31);1H3,(H,3,4)/t21-,22+;/m0./s1. The second-order valence-electron chi connectivity index (χ2n) is 9.83. The van der Waals surface area contributed by atoms with Crippen molar-refractivity contribution in [1.29, 1.82) is 0 Å². The molecule has 0 aromatic heterocycles. The van der Waals surface area contributed by atoms with Crippen molar-refractivity contribution < 1.29 is 34.3 Å². The van der Waals surface area contributed by atoms with Crippen LogP contribution in [-0.4, -0.2) is 87.9 Å². The Morgan fingerprint density at radius 2 is 1.69 bits per heavy atom. The van der Waals surface area contributed by atoms with E-state index in [0.717, 1.165) is 12.5 Å². The van der Waals surface area contributed by atoms with Crippen molar-refractivity contribution in [1.82, 2.24) is 15.5 Å². The number of rotatable bonds is 16. The maximum Gasteiger partial charge on any atom is 0.300 e. The second-order valence-corrected chi connectivity index (χ2v) is 9.83. The first-order chi connectivity index (χ1) is 21.2. The number of nitro benzene ring substituents is 1. The molecule has 0 aliphatic rings. The number of hydrogen-bond donors (Lipinski definition) is 7. The molecule has 2 rings (SSSR count). The van der Waals surface area contributed by atoms with Crippen LogP contribution in [-0.2, 0) is 32.0 Å². The lowest BCUT2D eigenvalue weighted by Gasteiger charge is -2.23. The zero-order valence-corrected chi connectivity index (χ0v) is 25.3. The van der Waals surface area contributed by atoms with Crippen LogP contribution in [0.1, 0.15) is 37.8 Å².